The molecule has 2 aromatic rings. The van der Waals surface area contributed by atoms with Crippen molar-refractivity contribution in [3.05, 3.63) is 30.0 Å². The number of carbonyl (C=O) groups is 7. The Bertz CT molecular complexity index is 1650. The average molecular weight is 763 g/mol. The van der Waals surface area contributed by atoms with Gasteiger partial charge in [0.05, 0.1) is 43.3 Å². The molecular weight excluding hydrogens is 712 g/mol. The Morgan fingerprint density at radius 3 is 2.37 bits per heavy atom. The molecule has 1 saturated heterocycles. The van der Waals surface area contributed by atoms with Crippen molar-refractivity contribution < 1.29 is 54.0 Å². The van der Waals surface area contributed by atoms with Gasteiger partial charge in [-0.1, -0.05) is 0 Å². The maximum atomic E-state index is 13.7. The fourth-order valence-corrected chi connectivity index (χ4v) is 5.89. The number of nitrogens with two attached hydrogens (primary N) is 3. The lowest BCUT2D eigenvalue weighted by Gasteiger charge is -2.30. The lowest BCUT2D eigenvalue weighted by Crippen LogP contribution is -2.61. The molecule has 1 amide bonds. The van der Waals surface area contributed by atoms with Gasteiger partial charge in [0.2, 0.25) is 29.0 Å². The molecule has 21 heteroatoms. The number of H-pyrrole nitrogens is 1. The smallest absolute Gasteiger partial charge is 0.305 e. The van der Waals surface area contributed by atoms with E-state index < -0.39 is 96.7 Å². The monoisotopic (exact) mass is 762 g/mol. The fourth-order valence-electron chi connectivity index (χ4n) is 5.89. The average Bonchev–Trinajstić information content (AvgIpc) is 3.76. The van der Waals surface area contributed by atoms with Crippen molar-refractivity contribution in [1.82, 2.24) is 36.9 Å². The van der Waals surface area contributed by atoms with Gasteiger partial charge < -0.3 is 52.7 Å². The van der Waals surface area contributed by atoms with Gasteiger partial charge in [-0.2, -0.15) is 0 Å². The Morgan fingerprint density at radius 2 is 1.74 bits per heavy atom. The number of carboxylic acid groups (broad SMARTS) is 1. The second-order valence-corrected chi connectivity index (χ2v) is 13.1. The van der Waals surface area contributed by atoms with E-state index in [0.29, 0.717) is 35.6 Å². The Labute approximate surface area is 309 Å². The third kappa shape index (κ3) is 12.2. The first-order valence-corrected chi connectivity index (χ1v) is 17.3. The SMILES string of the molecule is C[C@@H](O)[C@@H](C=O)NC(=O)[C@H](CCCNC(N)N)NN[C@@H](CO)C(=O)C(=O)[C@@H]1CCCN1NC(Cc1c[nH]c2ccc(O)cc12)C(=O)C(=O)[C@@H](N)CC(=O)O. The molecule has 1 aliphatic rings. The van der Waals surface area contributed by atoms with E-state index in [1.54, 1.807) is 12.3 Å². The van der Waals surface area contributed by atoms with Gasteiger partial charge in [-0.05, 0) is 69.3 Å². The third-order valence-corrected chi connectivity index (χ3v) is 8.86. The molecule has 0 radical (unpaired) electrons. The van der Waals surface area contributed by atoms with Crippen LogP contribution in [0, 0.1) is 0 Å². The minimum absolute atomic E-state index is 0.0609. The number of nitrogens with zero attached hydrogens (tertiary/aromatic N) is 1. The molecule has 2 heterocycles. The molecule has 0 saturated carbocycles. The minimum atomic E-state index is -1.65. The lowest BCUT2D eigenvalue weighted by atomic mass is 9.96. The number of ketones is 4. The van der Waals surface area contributed by atoms with Gasteiger partial charge in [-0.3, -0.25) is 34.1 Å². The second kappa shape index (κ2) is 20.8. The van der Waals surface area contributed by atoms with Crippen LogP contribution >= 0.6 is 0 Å². The summed E-state index contributed by atoms with van der Waals surface area (Å²) in [7, 11) is 0. The maximum absolute atomic E-state index is 13.7. The van der Waals surface area contributed by atoms with Crippen LogP contribution in [0.5, 0.6) is 5.75 Å². The van der Waals surface area contributed by atoms with Gasteiger partial charge in [0.25, 0.3) is 0 Å². The van der Waals surface area contributed by atoms with E-state index in [2.05, 4.69) is 31.9 Å². The number of aliphatic hydroxyl groups is 2. The highest BCUT2D eigenvalue weighted by Crippen LogP contribution is 2.25. The first-order valence-electron chi connectivity index (χ1n) is 17.3. The Hall–Kier alpha value is -4.55. The fraction of sp³-hybridized carbons (Fsp3) is 0.545. The number of phenolic OH excluding ortho intramolecular Hbond substituents is 1. The molecule has 0 spiro atoms. The van der Waals surface area contributed by atoms with E-state index in [0.717, 1.165) is 0 Å². The molecule has 1 aromatic heterocycles. The molecule has 0 bridgehead atoms. The van der Waals surface area contributed by atoms with E-state index in [1.807, 2.05) is 0 Å². The zero-order valence-corrected chi connectivity index (χ0v) is 29.7. The summed E-state index contributed by atoms with van der Waals surface area (Å²) in [5.41, 5.74) is 25.8. The lowest BCUT2D eigenvalue weighted by molar-refractivity contribution is -0.144. The van der Waals surface area contributed by atoms with Crippen LogP contribution in [0.1, 0.15) is 44.6 Å². The number of amides is 1. The van der Waals surface area contributed by atoms with E-state index >= 15 is 0 Å². The zero-order valence-electron chi connectivity index (χ0n) is 29.7. The van der Waals surface area contributed by atoms with Gasteiger partial charge in [0.1, 0.15) is 30.4 Å². The molecule has 7 atom stereocenters. The number of Topliss-reactive ketones (excluding diaryl/α,β-unsaturated/α-hetero) is 4. The molecule has 1 fully saturated rings. The Balaban J connectivity index is 1.79. The molecule has 1 aromatic carbocycles. The summed E-state index contributed by atoms with van der Waals surface area (Å²) in [6.45, 7) is 0.852. The van der Waals surface area contributed by atoms with Crippen molar-refractivity contribution >= 4 is 52.2 Å². The molecule has 21 nitrogen and oxygen atoms in total. The number of nitrogens with one attached hydrogen (secondary N) is 6. The number of hydrogen-bond acceptors (Lipinski definition) is 18. The van der Waals surface area contributed by atoms with E-state index in [9.17, 15) is 48.9 Å². The number of aromatic hydroxyl groups is 1. The van der Waals surface area contributed by atoms with Crippen LogP contribution in [0.15, 0.2) is 24.4 Å². The molecule has 298 valence electrons. The molecule has 3 rings (SSSR count). The highest BCUT2D eigenvalue weighted by atomic mass is 16.4. The van der Waals surface area contributed by atoms with E-state index in [4.69, 9.17) is 22.3 Å². The summed E-state index contributed by atoms with van der Waals surface area (Å²) in [5, 5.41) is 46.1. The molecular formula is C33H50N10O11. The topological polar surface area (TPSA) is 358 Å². The molecule has 16 N–H and O–H groups in total. The number of carbonyl (C=O) groups excluding carboxylic acids is 6. The Kier molecular flexibility index (Phi) is 16.9. The summed E-state index contributed by atoms with van der Waals surface area (Å²) in [6, 6.07) is -3.61. The van der Waals surface area contributed by atoms with Crippen molar-refractivity contribution in [1.29, 1.82) is 0 Å². The summed E-state index contributed by atoms with van der Waals surface area (Å²) < 4.78 is 0. The van der Waals surface area contributed by atoms with Crippen molar-refractivity contribution in [3.8, 4) is 5.75 Å². The molecule has 1 aliphatic heterocycles. The molecule has 0 aliphatic carbocycles. The number of carboxylic acids is 1. The number of aldehydes is 1. The zero-order chi connectivity index (χ0) is 40.1. The minimum Gasteiger partial charge on any atom is -0.508 e. The summed E-state index contributed by atoms with van der Waals surface area (Å²) in [5.74, 6) is -6.48. The second-order valence-electron chi connectivity index (χ2n) is 13.1. The predicted octanol–water partition coefficient (Wildman–Crippen LogP) is -4.71. The van der Waals surface area contributed by atoms with Gasteiger partial charge >= 0.3 is 5.97 Å². The quantitative estimate of drug-likeness (QED) is 0.0148. The number of aromatic nitrogens is 1. The van der Waals surface area contributed by atoms with Crippen LogP contribution in [-0.2, 0) is 40.0 Å². The Morgan fingerprint density at radius 1 is 1.04 bits per heavy atom. The summed E-state index contributed by atoms with van der Waals surface area (Å²) in [6.07, 6.45) is -0.158. The van der Waals surface area contributed by atoms with Crippen LogP contribution in [0.3, 0.4) is 0 Å². The number of benzene rings is 1. The maximum Gasteiger partial charge on any atom is 0.305 e. The number of hydrazine groups is 2. The van der Waals surface area contributed by atoms with Crippen molar-refractivity contribution in [2.75, 3.05) is 19.7 Å². The van der Waals surface area contributed by atoms with Gasteiger partial charge in [0.15, 0.2) is 0 Å². The highest BCUT2D eigenvalue weighted by molar-refractivity contribution is 6.42. The molecule has 54 heavy (non-hydrogen) atoms. The normalized spacial score (nSPS) is 18.1. The number of aliphatic hydroxyl groups excluding tert-OH is 2. The highest BCUT2D eigenvalue weighted by Gasteiger charge is 2.40. The van der Waals surface area contributed by atoms with Crippen LogP contribution in [0.2, 0.25) is 0 Å². The van der Waals surface area contributed by atoms with Gasteiger partial charge in [-0.25, -0.2) is 21.3 Å². The number of fused-ring (bicyclic) bond motifs is 1. The van der Waals surface area contributed by atoms with E-state index in [1.165, 1.54) is 24.1 Å². The van der Waals surface area contributed by atoms with E-state index in [-0.39, 0.29) is 38.1 Å². The molecule has 1 unspecified atom stereocenters. The van der Waals surface area contributed by atoms with Crippen molar-refractivity contribution in [2.24, 2.45) is 17.2 Å². The largest absolute Gasteiger partial charge is 0.508 e. The number of phenols is 1. The van der Waals surface area contributed by atoms with Crippen molar-refractivity contribution in [3.63, 3.8) is 0 Å². The summed E-state index contributed by atoms with van der Waals surface area (Å²) >= 11 is 0. The first-order chi connectivity index (χ1) is 25.6. The summed E-state index contributed by atoms with van der Waals surface area (Å²) in [4.78, 5) is 92.3. The van der Waals surface area contributed by atoms with Crippen molar-refractivity contribution in [2.45, 2.75) is 94.1 Å². The number of hydrogen-bond donors (Lipinski definition) is 13. The van der Waals surface area contributed by atoms with Gasteiger partial charge in [-0.15, -0.1) is 0 Å². The standard InChI is InChI=1S/C33H50N10O11/c1-16(46)24(14-44)39-32(54)22(4-2-8-37-33(35)36)40-41-25(15-45)30(52)31(53)26-5-3-9-43(26)42-23(29(51)28(50)20(34)12-27(48)49)10-17-13-38-21-7-6-18(47)11-19(17)21/h6-7,11,13-14,16,20,22-26,33,37-38,40-42,45-47H,2-5,8-10,12,15,34-36H2,1H3,(H,39,54)(H,48,49)/t16-,20+,22+,23?,24-,25+,26+/m1/s1. The van der Waals surface area contributed by atoms with Crippen LogP contribution in [-0.4, -0.2) is 140 Å². The third-order valence-electron chi connectivity index (χ3n) is 8.86. The number of aromatic amines is 1. The number of aliphatic carboxylic acids is 1. The van der Waals surface area contributed by atoms with Crippen LogP contribution in [0.4, 0.5) is 0 Å². The van der Waals surface area contributed by atoms with Crippen LogP contribution < -0.4 is 44.1 Å². The predicted molar refractivity (Wildman–Crippen MR) is 191 cm³/mol. The van der Waals surface area contributed by atoms with Crippen LogP contribution in [0.25, 0.3) is 10.9 Å². The number of rotatable bonds is 25. The van der Waals surface area contributed by atoms with Gasteiger partial charge in [0, 0.05) is 23.6 Å². The first kappa shape index (κ1) is 43.9.